The predicted octanol–water partition coefficient (Wildman–Crippen LogP) is 3.70. The lowest BCUT2D eigenvalue weighted by Gasteiger charge is -2.06. The van der Waals surface area contributed by atoms with Gasteiger partial charge in [0.15, 0.2) is 4.88 Å². The van der Waals surface area contributed by atoms with Crippen molar-refractivity contribution in [1.29, 1.82) is 0 Å². The topological polar surface area (TPSA) is 54.0 Å². The van der Waals surface area contributed by atoms with Crippen LogP contribution in [0.4, 0.5) is 0 Å². The Balaban J connectivity index is 2.12. The van der Waals surface area contributed by atoms with Gasteiger partial charge in [0, 0.05) is 6.07 Å². The molecule has 0 saturated carbocycles. The number of benzene rings is 1. The smallest absolute Gasteiger partial charge is 0.351 e. The number of esters is 1. The number of carbonyl (C=O) groups excluding carboxylic acids is 1. The summed E-state index contributed by atoms with van der Waals surface area (Å²) < 4.78 is 16.0. The Labute approximate surface area is 130 Å². The zero-order valence-electron chi connectivity index (χ0n) is 11.5. The van der Waals surface area contributed by atoms with Gasteiger partial charge >= 0.3 is 5.97 Å². The molecule has 0 bridgehead atoms. The lowest BCUT2D eigenvalue weighted by molar-refractivity contribution is -0.160. The highest BCUT2D eigenvalue weighted by Crippen LogP contribution is 2.37. The minimum atomic E-state index is -0.438. The molecule has 21 heavy (non-hydrogen) atoms. The molecule has 1 heterocycles. The van der Waals surface area contributed by atoms with Gasteiger partial charge in [0.05, 0.1) is 30.5 Å². The van der Waals surface area contributed by atoms with Crippen molar-refractivity contribution >= 4 is 29.3 Å². The number of methoxy groups -OCH3 is 1. The highest BCUT2D eigenvalue weighted by molar-refractivity contribution is 7.96. The summed E-state index contributed by atoms with van der Waals surface area (Å²) in [6.45, 7) is 0.372. The van der Waals surface area contributed by atoms with Crippen LogP contribution in [0.5, 0.6) is 5.75 Å². The van der Waals surface area contributed by atoms with Crippen LogP contribution in [-0.4, -0.2) is 20.2 Å². The summed E-state index contributed by atoms with van der Waals surface area (Å²) in [5, 5.41) is 0. The fourth-order valence-electron chi connectivity index (χ4n) is 1.54. The molecule has 0 unspecified atom stereocenters. The Morgan fingerprint density at radius 2 is 2.00 bits per heavy atom. The molecule has 0 aliphatic heterocycles. The van der Waals surface area contributed by atoms with Gasteiger partial charge in [0.1, 0.15) is 12.4 Å². The van der Waals surface area contributed by atoms with Crippen molar-refractivity contribution in [2.45, 2.75) is 10.8 Å². The summed E-state index contributed by atoms with van der Waals surface area (Å²) in [7, 11) is 2.75. The first-order valence-corrected chi connectivity index (χ1v) is 7.56. The Morgan fingerprint density at radius 1 is 1.24 bits per heavy atom. The summed E-state index contributed by atoms with van der Waals surface area (Å²) in [6.07, 6.45) is 0. The van der Waals surface area contributed by atoms with Crippen molar-refractivity contribution in [3.8, 4) is 5.75 Å². The minimum Gasteiger partial charge on any atom is -0.487 e. The molecule has 2 aromatic rings. The van der Waals surface area contributed by atoms with Crippen LogP contribution >= 0.6 is 23.4 Å². The van der Waals surface area contributed by atoms with E-state index in [0.717, 1.165) is 21.8 Å². The molecular formula is C14H14O5S2. The Morgan fingerprint density at radius 3 is 2.67 bits per heavy atom. The zero-order valence-corrected chi connectivity index (χ0v) is 13.2. The summed E-state index contributed by atoms with van der Waals surface area (Å²) >= 11 is 2.24. The fourth-order valence-corrected chi connectivity index (χ4v) is 3.05. The van der Waals surface area contributed by atoms with Gasteiger partial charge in [-0.2, -0.15) is 4.33 Å². The van der Waals surface area contributed by atoms with Crippen molar-refractivity contribution in [1.82, 2.24) is 0 Å². The van der Waals surface area contributed by atoms with Gasteiger partial charge in [-0.1, -0.05) is 30.3 Å². The van der Waals surface area contributed by atoms with E-state index in [4.69, 9.17) is 13.8 Å². The van der Waals surface area contributed by atoms with Gasteiger partial charge in [-0.05, 0) is 5.56 Å². The molecule has 112 valence electrons. The summed E-state index contributed by atoms with van der Waals surface area (Å²) in [6, 6.07) is 11.4. The van der Waals surface area contributed by atoms with Crippen molar-refractivity contribution in [2.24, 2.45) is 0 Å². The molecule has 0 aliphatic carbocycles. The summed E-state index contributed by atoms with van der Waals surface area (Å²) in [5.41, 5.74) is 1.02. The first-order chi connectivity index (χ1) is 10.2. The Bertz CT molecular complexity index is 582. The minimum absolute atomic E-state index is 0.372. The first kappa shape index (κ1) is 15.8. The molecule has 1 aromatic heterocycles. The largest absolute Gasteiger partial charge is 0.487 e. The molecule has 7 heteroatoms. The SMILES string of the molecule is COOSc1cc(OCc2ccccc2)c(C(=O)OC)s1. The number of rotatable bonds is 7. The van der Waals surface area contributed by atoms with Crippen molar-refractivity contribution in [3.63, 3.8) is 0 Å². The van der Waals surface area contributed by atoms with Crippen LogP contribution in [-0.2, 0) is 20.6 Å². The quantitative estimate of drug-likeness (QED) is 0.335. The molecule has 0 spiro atoms. The molecule has 0 amide bonds. The standard InChI is InChI=1S/C14H14O5S2/c1-16-14(15)13-11(8-12(20-13)21-19-17-2)18-9-10-6-4-3-5-7-10/h3-8H,9H2,1-2H3. The van der Waals surface area contributed by atoms with Crippen LogP contribution in [0.25, 0.3) is 0 Å². The molecule has 0 N–H and O–H groups in total. The van der Waals surface area contributed by atoms with Crippen LogP contribution in [0.3, 0.4) is 0 Å². The van der Waals surface area contributed by atoms with E-state index in [2.05, 4.69) is 4.89 Å². The van der Waals surface area contributed by atoms with Gasteiger partial charge in [-0.25, -0.2) is 9.68 Å². The first-order valence-electron chi connectivity index (χ1n) is 6.00. The van der Waals surface area contributed by atoms with Crippen LogP contribution in [0.2, 0.25) is 0 Å². The second-order valence-electron chi connectivity index (χ2n) is 3.84. The maximum absolute atomic E-state index is 11.8. The summed E-state index contributed by atoms with van der Waals surface area (Å²) in [5.74, 6) is 0.0326. The third-order valence-corrected chi connectivity index (χ3v) is 4.30. The third kappa shape index (κ3) is 4.47. The van der Waals surface area contributed by atoms with E-state index >= 15 is 0 Å². The number of carbonyl (C=O) groups is 1. The van der Waals surface area contributed by atoms with E-state index < -0.39 is 5.97 Å². The molecule has 5 nitrogen and oxygen atoms in total. The molecule has 0 atom stereocenters. The molecule has 0 radical (unpaired) electrons. The van der Waals surface area contributed by atoms with E-state index in [9.17, 15) is 4.79 Å². The molecular weight excluding hydrogens is 312 g/mol. The normalized spacial score (nSPS) is 10.4. The van der Waals surface area contributed by atoms with Gasteiger partial charge in [-0.15, -0.1) is 11.3 Å². The number of hydrogen-bond donors (Lipinski definition) is 0. The van der Waals surface area contributed by atoms with E-state index in [1.807, 2.05) is 30.3 Å². The highest BCUT2D eigenvalue weighted by atomic mass is 32.2. The second kappa shape index (κ2) is 8.04. The predicted molar refractivity (Wildman–Crippen MR) is 80.4 cm³/mol. The number of hydrogen-bond acceptors (Lipinski definition) is 7. The lowest BCUT2D eigenvalue weighted by atomic mass is 10.2. The van der Waals surface area contributed by atoms with Crippen molar-refractivity contribution in [2.75, 3.05) is 14.2 Å². The van der Waals surface area contributed by atoms with Gasteiger partial charge < -0.3 is 9.47 Å². The van der Waals surface area contributed by atoms with E-state index in [0.29, 0.717) is 17.2 Å². The fraction of sp³-hybridized carbons (Fsp3) is 0.214. The molecule has 0 fully saturated rings. The zero-order chi connectivity index (χ0) is 15.1. The van der Waals surface area contributed by atoms with Gasteiger partial charge in [0.25, 0.3) is 0 Å². The number of thiophene rings is 1. The van der Waals surface area contributed by atoms with Crippen molar-refractivity contribution in [3.05, 3.63) is 46.8 Å². The summed E-state index contributed by atoms with van der Waals surface area (Å²) in [4.78, 5) is 16.7. The molecule has 0 aliphatic rings. The van der Waals surface area contributed by atoms with E-state index in [1.165, 1.54) is 25.6 Å². The number of ether oxygens (including phenoxy) is 2. The van der Waals surface area contributed by atoms with Gasteiger partial charge in [-0.3, -0.25) is 0 Å². The third-order valence-electron chi connectivity index (χ3n) is 2.47. The highest BCUT2D eigenvalue weighted by Gasteiger charge is 2.19. The van der Waals surface area contributed by atoms with Crippen molar-refractivity contribution < 1.29 is 23.5 Å². The maximum atomic E-state index is 11.8. The van der Waals surface area contributed by atoms with E-state index in [-0.39, 0.29) is 0 Å². The van der Waals surface area contributed by atoms with Gasteiger partial charge in [0.2, 0.25) is 0 Å². The maximum Gasteiger partial charge on any atom is 0.351 e. The second-order valence-corrected chi connectivity index (χ2v) is 5.90. The van der Waals surface area contributed by atoms with Crippen LogP contribution in [0.15, 0.2) is 40.6 Å². The average Bonchev–Trinajstić information content (AvgIpc) is 2.94. The van der Waals surface area contributed by atoms with Crippen LogP contribution in [0.1, 0.15) is 15.2 Å². The van der Waals surface area contributed by atoms with Crippen LogP contribution in [0, 0.1) is 0 Å². The Hall–Kier alpha value is -1.54. The Kier molecular flexibility index (Phi) is 6.06. The monoisotopic (exact) mass is 326 g/mol. The lowest BCUT2D eigenvalue weighted by Crippen LogP contribution is -2.02. The molecule has 1 aromatic carbocycles. The van der Waals surface area contributed by atoms with Crippen LogP contribution < -0.4 is 4.74 Å². The average molecular weight is 326 g/mol. The molecule has 2 rings (SSSR count). The van der Waals surface area contributed by atoms with E-state index in [1.54, 1.807) is 6.07 Å². The molecule has 0 saturated heterocycles.